The van der Waals surface area contributed by atoms with Crippen molar-refractivity contribution < 1.29 is 17.6 Å². The fourth-order valence-corrected chi connectivity index (χ4v) is 4.44. The van der Waals surface area contributed by atoms with Crippen LogP contribution in [0.25, 0.3) is 16.5 Å². The molecule has 1 aliphatic heterocycles. The first-order valence-electron chi connectivity index (χ1n) is 11.2. The van der Waals surface area contributed by atoms with Crippen LogP contribution in [0.3, 0.4) is 0 Å². The third-order valence-corrected chi connectivity index (χ3v) is 6.42. The number of fused-ring (bicyclic) bond motifs is 1. The smallest absolute Gasteiger partial charge is 0.365 e. The van der Waals surface area contributed by atoms with E-state index in [0.29, 0.717) is 22.3 Å². The van der Waals surface area contributed by atoms with E-state index in [1.54, 1.807) is 0 Å². The summed E-state index contributed by atoms with van der Waals surface area (Å²) in [6, 6.07) is 8.34. The van der Waals surface area contributed by atoms with Gasteiger partial charge in [0.15, 0.2) is 0 Å². The van der Waals surface area contributed by atoms with Gasteiger partial charge in [0.2, 0.25) is 5.95 Å². The lowest BCUT2D eigenvalue weighted by Crippen LogP contribution is -2.19. The molecule has 0 radical (unpaired) electrons. The quantitative estimate of drug-likeness (QED) is 0.199. The molecule has 0 saturated heterocycles. The minimum absolute atomic E-state index is 0.0570. The van der Waals surface area contributed by atoms with Crippen LogP contribution in [-0.4, -0.2) is 28.0 Å². The van der Waals surface area contributed by atoms with E-state index < -0.39 is 17.6 Å². The zero-order chi connectivity index (χ0) is 25.3. The number of aromatic amines is 1. The van der Waals surface area contributed by atoms with Crippen LogP contribution in [0.2, 0.25) is 0 Å². The van der Waals surface area contributed by atoms with Crippen LogP contribution in [0.5, 0.6) is 0 Å². The van der Waals surface area contributed by atoms with Gasteiger partial charge >= 0.3 is 6.18 Å². The van der Waals surface area contributed by atoms with Crippen molar-refractivity contribution in [3.05, 3.63) is 81.8 Å². The monoisotopic (exact) mass is 560 g/mol. The van der Waals surface area contributed by atoms with Crippen molar-refractivity contribution in [3.63, 3.8) is 0 Å². The van der Waals surface area contributed by atoms with E-state index in [-0.39, 0.29) is 12.1 Å². The summed E-state index contributed by atoms with van der Waals surface area (Å²) < 4.78 is 53.3. The number of hydrogen-bond acceptors (Lipinski definition) is 5. The van der Waals surface area contributed by atoms with E-state index in [2.05, 4.69) is 52.9 Å². The molecule has 36 heavy (non-hydrogen) atoms. The summed E-state index contributed by atoms with van der Waals surface area (Å²) in [5, 5.41) is 10.5. The number of benzene rings is 2. The van der Waals surface area contributed by atoms with Crippen LogP contribution in [0.4, 0.5) is 35.0 Å². The first-order valence-corrected chi connectivity index (χ1v) is 12.0. The fourth-order valence-electron chi connectivity index (χ4n) is 4.11. The fraction of sp³-hybridized carbons (Fsp3) is 0.200. The summed E-state index contributed by atoms with van der Waals surface area (Å²) in [6.07, 6.45) is 2.06. The number of nitrogens with one attached hydrogen (secondary N) is 4. The molecule has 3 heterocycles. The lowest BCUT2D eigenvalue weighted by Gasteiger charge is -2.14. The molecule has 2 aromatic carbocycles. The van der Waals surface area contributed by atoms with Crippen molar-refractivity contribution >= 4 is 49.9 Å². The molecule has 6 nitrogen and oxygen atoms in total. The lowest BCUT2D eigenvalue weighted by molar-refractivity contribution is -0.137. The topological polar surface area (TPSA) is 77.7 Å². The third-order valence-electron chi connectivity index (χ3n) is 5.84. The first kappa shape index (κ1) is 24.3. The molecular weight excluding hydrogens is 540 g/mol. The molecule has 5 rings (SSSR count). The highest BCUT2D eigenvalue weighted by Crippen LogP contribution is 2.32. The largest absolute Gasteiger partial charge is 0.416 e. The zero-order valence-corrected chi connectivity index (χ0v) is 20.4. The van der Waals surface area contributed by atoms with Crippen LogP contribution in [0.15, 0.2) is 59.3 Å². The number of aromatic nitrogens is 3. The molecule has 0 bridgehead atoms. The molecule has 0 atom stereocenters. The van der Waals surface area contributed by atoms with Crippen molar-refractivity contribution in [2.45, 2.75) is 19.1 Å². The molecule has 0 fully saturated rings. The minimum atomic E-state index is -4.63. The second-order valence-electron chi connectivity index (χ2n) is 8.36. The maximum atomic E-state index is 13.7. The Bertz CT molecular complexity index is 1450. The van der Waals surface area contributed by atoms with Gasteiger partial charge in [-0.1, -0.05) is 6.08 Å². The van der Waals surface area contributed by atoms with E-state index in [1.807, 2.05) is 24.4 Å². The van der Waals surface area contributed by atoms with Gasteiger partial charge in [-0.2, -0.15) is 18.2 Å². The minimum Gasteiger partial charge on any atom is -0.365 e. The highest BCUT2D eigenvalue weighted by Gasteiger charge is 2.31. The molecule has 11 heteroatoms. The summed E-state index contributed by atoms with van der Waals surface area (Å²) in [4.78, 5) is 12.0. The Labute approximate surface area is 212 Å². The van der Waals surface area contributed by atoms with E-state index in [1.165, 1.54) is 11.8 Å². The number of halogens is 5. The molecule has 1 aliphatic rings. The predicted molar refractivity (Wildman–Crippen MR) is 136 cm³/mol. The summed E-state index contributed by atoms with van der Waals surface area (Å²) in [5.74, 6) is -0.299. The van der Waals surface area contributed by atoms with Crippen LogP contribution in [-0.2, 0) is 12.7 Å². The zero-order valence-electron chi connectivity index (χ0n) is 18.8. The number of nitrogens with zero attached hydrogens (tertiary/aromatic N) is 2. The molecule has 0 amide bonds. The number of alkyl halides is 3. The Morgan fingerprint density at radius 2 is 1.97 bits per heavy atom. The van der Waals surface area contributed by atoms with Crippen molar-refractivity contribution in [1.29, 1.82) is 0 Å². The Morgan fingerprint density at radius 1 is 1.11 bits per heavy atom. The lowest BCUT2D eigenvalue weighted by atomic mass is 9.99. The van der Waals surface area contributed by atoms with Crippen LogP contribution >= 0.6 is 15.9 Å². The van der Waals surface area contributed by atoms with Gasteiger partial charge in [0.05, 0.1) is 10.0 Å². The standard InChI is InChI=1S/C25H21BrF4N6/c26-21-13-34-24(36-23(21)33-11-14-7-16(25(28,29)30)9-17(27)8-14)35-18-1-2-22-19(10-18)20(12-32-22)15-3-5-31-6-4-15/h1-3,7-10,12-13,31-32H,4-6,11H2,(H2,33,34,35,36). The summed E-state index contributed by atoms with van der Waals surface area (Å²) in [5.41, 5.74) is 3.34. The normalized spacial score (nSPS) is 14.1. The SMILES string of the molecule is Fc1cc(CNc2nc(Nc3ccc4[nH]cc(C5=CCNCC5)c4c3)ncc2Br)cc(C(F)(F)F)c1. The van der Waals surface area contributed by atoms with Crippen LogP contribution in [0, 0.1) is 5.82 Å². The van der Waals surface area contributed by atoms with Gasteiger partial charge in [0, 0.05) is 47.6 Å². The summed E-state index contributed by atoms with van der Waals surface area (Å²) >= 11 is 3.35. The molecule has 4 N–H and O–H groups in total. The van der Waals surface area contributed by atoms with Gasteiger partial charge in [-0.3, -0.25) is 0 Å². The summed E-state index contributed by atoms with van der Waals surface area (Å²) in [7, 11) is 0. The Kier molecular flexibility index (Phi) is 6.67. The number of H-pyrrole nitrogens is 1. The highest BCUT2D eigenvalue weighted by atomic mass is 79.9. The number of hydrogen-bond donors (Lipinski definition) is 4. The number of rotatable bonds is 6. The van der Waals surface area contributed by atoms with E-state index in [9.17, 15) is 17.6 Å². The van der Waals surface area contributed by atoms with Gasteiger partial charge in [-0.05, 0) is 76.4 Å². The molecule has 4 aromatic rings. The molecule has 2 aromatic heterocycles. The van der Waals surface area contributed by atoms with Gasteiger partial charge in [-0.15, -0.1) is 0 Å². The van der Waals surface area contributed by atoms with Gasteiger partial charge in [0.1, 0.15) is 11.6 Å². The second kappa shape index (κ2) is 9.90. The Morgan fingerprint density at radius 3 is 2.75 bits per heavy atom. The van der Waals surface area contributed by atoms with Crippen molar-refractivity contribution in [2.24, 2.45) is 0 Å². The Hall–Kier alpha value is -3.44. The average molecular weight is 561 g/mol. The van der Waals surface area contributed by atoms with Crippen LogP contribution in [0.1, 0.15) is 23.1 Å². The second-order valence-corrected chi connectivity index (χ2v) is 9.22. The van der Waals surface area contributed by atoms with Gasteiger partial charge < -0.3 is 20.9 Å². The molecular formula is C25H21BrF4N6. The predicted octanol–water partition coefficient (Wildman–Crippen LogP) is 6.61. The van der Waals surface area contributed by atoms with Crippen LogP contribution < -0.4 is 16.0 Å². The van der Waals surface area contributed by atoms with Gasteiger partial charge in [-0.25, -0.2) is 9.37 Å². The molecule has 0 spiro atoms. The molecule has 186 valence electrons. The van der Waals surface area contributed by atoms with Crippen molar-refractivity contribution in [1.82, 2.24) is 20.3 Å². The molecule has 0 unspecified atom stereocenters. The highest BCUT2D eigenvalue weighted by molar-refractivity contribution is 9.10. The maximum Gasteiger partial charge on any atom is 0.416 e. The average Bonchev–Trinajstić information content (AvgIpc) is 3.27. The van der Waals surface area contributed by atoms with E-state index in [4.69, 9.17) is 0 Å². The third kappa shape index (κ3) is 5.36. The number of anilines is 3. The van der Waals surface area contributed by atoms with E-state index >= 15 is 0 Å². The molecule has 0 saturated carbocycles. The van der Waals surface area contributed by atoms with E-state index in [0.717, 1.165) is 53.8 Å². The van der Waals surface area contributed by atoms with Crippen molar-refractivity contribution in [3.8, 4) is 0 Å². The first-order chi connectivity index (χ1) is 17.3. The summed E-state index contributed by atoms with van der Waals surface area (Å²) in [6.45, 7) is 1.72. The maximum absolute atomic E-state index is 13.7. The van der Waals surface area contributed by atoms with Gasteiger partial charge in [0.25, 0.3) is 0 Å². The van der Waals surface area contributed by atoms with Crippen molar-refractivity contribution in [2.75, 3.05) is 23.7 Å². The Balaban J connectivity index is 1.35. The molecule has 0 aliphatic carbocycles.